The minimum Gasteiger partial charge on any atom is -0.456 e. The van der Waals surface area contributed by atoms with Gasteiger partial charge in [-0.05, 0) is 108 Å². The first-order valence-electron chi connectivity index (χ1n) is 23.2. The van der Waals surface area contributed by atoms with Crippen LogP contribution in [0.15, 0.2) is 241 Å². The quantitative estimate of drug-likeness (QED) is 0.167. The van der Waals surface area contributed by atoms with Crippen molar-refractivity contribution in [1.82, 2.24) is 15.0 Å². The van der Waals surface area contributed by atoms with Crippen LogP contribution in [0.1, 0.15) is 22.3 Å². The number of benzene rings is 10. The minimum absolute atomic E-state index is 0.377. The summed E-state index contributed by atoms with van der Waals surface area (Å²) in [5.74, 6) is 1.80. The molecule has 316 valence electrons. The summed E-state index contributed by atoms with van der Waals surface area (Å²) in [7, 11) is 0. The van der Waals surface area contributed by atoms with E-state index in [9.17, 15) is 0 Å². The Labute approximate surface area is 393 Å². The van der Waals surface area contributed by atoms with E-state index in [1.165, 1.54) is 61.2 Å². The summed E-state index contributed by atoms with van der Waals surface area (Å²) >= 11 is 0. The Bertz CT molecular complexity index is 3920. The van der Waals surface area contributed by atoms with E-state index < -0.39 is 0 Å². The van der Waals surface area contributed by atoms with Crippen molar-refractivity contribution in [3.05, 3.63) is 259 Å². The molecule has 2 aliphatic carbocycles. The second kappa shape index (κ2) is 15.0. The van der Waals surface area contributed by atoms with Crippen LogP contribution in [0, 0.1) is 0 Å². The number of hydrogen-bond acceptors (Lipinski definition) is 4. The molecule has 12 aromatic rings. The van der Waals surface area contributed by atoms with Crippen LogP contribution >= 0.6 is 0 Å². The van der Waals surface area contributed by atoms with Gasteiger partial charge in [0.1, 0.15) is 11.2 Å². The van der Waals surface area contributed by atoms with Crippen LogP contribution in [0.5, 0.6) is 0 Å². The standard InChI is InChI=1S/C64H39N3O/c1-3-15-40(16-4-1)45-34-36-58-53(38-45)51-35-33-47(39-59(51)68-58)63-66-61(43-17-5-2-6-18-43)65-62(67-63)46-20-13-19-44(37-46)41-29-31-42(32-30-41)48-24-14-28-57-60(48)52-23-9-12-27-56(52)64(57)54-25-10-7-21-49(54)50-22-8-11-26-55(50)64/h1-39H. The zero-order valence-corrected chi connectivity index (χ0v) is 36.8. The number of hydrogen-bond donors (Lipinski definition) is 0. The maximum Gasteiger partial charge on any atom is 0.164 e. The number of aromatic nitrogens is 3. The molecular formula is C64H39N3O. The molecule has 10 aromatic carbocycles. The zero-order chi connectivity index (χ0) is 44.8. The summed E-state index contributed by atoms with van der Waals surface area (Å²) in [4.78, 5) is 15.3. The van der Waals surface area contributed by atoms with Crippen LogP contribution in [-0.2, 0) is 5.41 Å². The molecule has 2 heterocycles. The molecule has 0 unspecified atom stereocenters. The van der Waals surface area contributed by atoms with Crippen molar-refractivity contribution in [1.29, 1.82) is 0 Å². The SMILES string of the molecule is c1ccc(-c2ccc3oc4cc(-c5nc(-c6ccccc6)nc(-c6cccc(-c7ccc(-c8cccc9c8-c8ccccc8C98c9ccccc9-c9ccccc98)cc7)c6)n5)ccc4c3c2)cc1. The highest BCUT2D eigenvalue weighted by Gasteiger charge is 2.51. The normalized spacial score (nSPS) is 12.8. The summed E-state index contributed by atoms with van der Waals surface area (Å²) in [5, 5.41) is 2.13. The van der Waals surface area contributed by atoms with Gasteiger partial charge in [0.2, 0.25) is 0 Å². The first-order valence-corrected chi connectivity index (χ1v) is 23.2. The molecule has 14 rings (SSSR count). The number of rotatable bonds is 6. The first kappa shape index (κ1) is 38.3. The third-order valence-electron chi connectivity index (χ3n) is 14.2. The fourth-order valence-corrected chi connectivity index (χ4v) is 11.1. The van der Waals surface area contributed by atoms with Crippen LogP contribution in [0.25, 0.3) is 112 Å². The van der Waals surface area contributed by atoms with Crippen LogP contribution in [0.3, 0.4) is 0 Å². The van der Waals surface area contributed by atoms with Crippen molar-refractivity contribution in [2.75, 3.05) is 0 Å². The Morgan fingerprint density at radius 2 is 0.721 bits per heavy atom. The lowest BCUT2D eigenvalue weighted by atomic mass is 9.70. The second-order valence-electron chi connectivity index (χ2n) is 17.8. The Kier molecular flexibility index (Phi) is 8.46. The van der Waals surface area contributed by atoms with Gasteiger partial charge < -0.3 is 4.42 Å². The topological polar surface area (TPSA) is 51.8 Å². The average molecular weight is 866 g/mol. The van der Waals surface area contributed by atoms with Gasteiger partial charge in [0.05, 0.1) is 5.41 Å². The van der Waals surface area contributed by atoms with Gasteiger partial charge in [-0.25, -0.2) is 15.0 Å². The molecule has 1 spiro atoms. The Morgan fingerprint density at radius 1 is 0.265 bits per heavy atom. The van der Waals surface area contributed by atoms with Crippen molar-refractivity contribution in [3.63, 3.8) is 0 Å². The number of fused-ring (bicyclic) bond motifs is 13. The molecule has 0 amide bonds. The van der Waals surface area contributed by atoms with Gasteiger partial charge in [-0.15, -0.1) is 0 Å². The molecule has 0 aliphatic heterocycles. The maximum atomic E-state index is 6.45. The highest BCUT2D eigenvalue weighted by molar-refractivity contribution is 6.07. The molecule has 0 N–H and O–H groups in total. The molecule has 2 aliphatic rings. The monoisotopic (exact) mass is 865 g/mol. The lowest BCUT2D eigenvalue weighted by molar-refractivity contribution is 0.669. The van der Waals surface area contributed by atoms with E-state index >= 15 is 0 Å². The predicted octanol–water partition coefficient (Wildman–Crippen LogP) is 16.1. The Balaban J connectivity index is 0.837. The average Bonchev–Trinajstić information content (AvgIpc) is 4.05. The summed E-state index contributed by atoms with van der Waals surface area (Å²) in [6.45, 7) is 0. The smallest absolute Gasteiger partial charge is 0.164 e. The van der Waals surface area contributed by atoms with E-state index in [1.807, 2.05) is 36.4 Å². The van der Waals surface area contributed by atoms with Crippen LogP contribution < -0.4 is 0 Å². The highest BCUT2D eigenvalue weighted by Crippen LogP contribution is 2.64. The summed E-state index contributed by atoms with van der Waals surface area (Å²) in [5.41, 5.74) is 21.5. The second-order valence-corrected chi connectivity index (χ2v) is 17.8. The van der Waals surface area contributed by atoms with Gasteiger partial charge in [0, 0.05) is 27.5 Å². The summed E-state index contributed by atoms with van der Waals surface area (Å²) in [6.07, 6.45) is 0. The Hall–Kier alpha value is -8.99. The van der Waals surface area contributed by atoms with E-state index in [0.29, 0.717) is 17.5 Å². The lowest BCUT2D eigenvalue weighted by Gasteiger charge is -2.30. The third-order valence-corrected chi connectivity index (χ3v) is 14.2. The first-order chi connectivity index (χ1) is 33.7. The fourth-order valence-electron chi connectivity index (χ4n) is 11.1. The third kappa shape index (κ3) is 5.77. The molecule has 0 saturated heterocycles. The highest BCUT2D eigenvalue weighted by atomic mass is 16.3. The molecule has 0 bridgehead atoms. The van der Waals surface area contributed by atoms with E-state index in [0.717, 1.165) is 55.3 Å². The van der Waals surface area contributed by atoms with Crippen LogP contribution in [0.2, 0.25) is 0 Å². The zero-order valence-electron chi connectivity index (χ0n) is 36.8. The minimum atomic E-state index is -0.377. The van der Waals surface area contributed by atoms with E-state index in [-0.39, 0.29) is 5.41 Å². The molecule has 0 atom stereocenters. The maximum absolute atomic E-state index is 6.45. The molecule has 4 nitrogen and oxygen atoms in total. The summed E-state index contributed by atoms with van der Waals surface area (Å²) in [6, 6.07) is 84.6. The van der Waals surface area contributed by atoms with Crippen molar-refractivity contribution in [2.45, 2.75) is 5.41 Å². The largest absolute Gasteiger partial charge is 0.456 e. The number of furan rings is 1. The van der Waals surface area contributed by atoms with Gasteiger partial charge in [0.25, 0.3) is 0 Å². The van der Waals surface area contributed by atoms with Crippen molar-refractivity contribution < 1.29 is 4.42 Å². The molecule has 4 heteroatoms. The van der Waals surface area contributed by atoms with E-state index in [1.54, 1.807) is 0 Å². The molecule has 0 fully saturated rings. The van der Waals surface area contributed by atoms with Gasteiger partial charge in [-0.3, -0.25) is 0 Å². The Morgan fingerprint density at radius 3 is 1.43 bits per heavy atom. The fraction of sp³-hybridized carbons (Fsp3) is 0.0156. The molecule has 68 heavy (non-hydrogen) atoms. The summed E-state index contributed by atoms with van der Waals surface area (Å²) < 4.78 is 6.45. The predicted molar refractivity (Wildman–Crippen MR) is 276 cm³/mol. The van der Waals surface area contributed by atoms with Gasteiger partial charge in [-0.2, -0.15) is 0 Å². The van der Waals surface area contributed by atoms with E-state index in [4.69, 9.17) is 19.4 Å². The molecule has 0 radical (unpaired) electrons. The van der Waals surface area contributed by atoms with Gasteiger partial charge >= 0.3 is 0 Å². The number of nitrogens with zero attached hydrogens (tertiary/aromatic N) is 3. The van der Waals surface area contributed by atoms with Crippen LogP contribution in [0.4, 0.5) is 0 Å². The molecular weight excluding hydrogens is 827 g/mol. The van der Waals surface area contributed by atoms with Crippen LogP contribution in [-0.4, -0.2) is 15.0 Å². The van der Waals surface area contributed by atoms with Gasteiger partial charge in [0.15, 0.2) is 17.5 Å². The van der Waals surface area contributed by atoms with Crippen molar-refractivity contribution in [2.24, 2.45) is 0 Å². The van der Waals surface area contributed by atoms with Gasteiger partial charge in [-0.1, -0.05) is 206 Å². The van der Waals surface area contributed by atoms with Crippen molar-refractivity contribution >= 4 is 21.9 Å². The lowest BCUT2D eigenvalue weighted by Crippen LogP contribution is -2.25. The molecule has 2 aromatic heterocycles. The van der Waals surface area contributed by atoms with E-state index in [2.05, 4.69) is 200 Å². The molecule has 0 saturated carbocycles. The van der Waals surface area contributed by atoms with Crippen molar-refractivity contribution in [3.8, 4) is 89.8 Å².